The highest BCUT2D eigenvalue weighted by molar-refractivity contribution is 6.14. The van der Waals surface area contributed by atoms with Crippen LogP contribution in [-0.4, -0.2) is 21.7 Å². The Bertz CT molecular complexity index is 731. The molecule has 7 nitrogen and oxygen atoms in total. The number of rotatable bonds is 5. The number of carbonyl (C=O) groups excluding carboxylic acids is 2. The first-order chi connectivity index (χ1) is 10.6. The van der Waals surface area contributed by atoms with Crippen molar-refractivity contribution in [2.24, 2.45) is 5.92 Å². The highest BCUT2D eigenvalue weighted by Gasteiger charge is 2.30. The van der Waals surface area contributed by atoms with Gasteiger partial charge >= 0.3 is 0 Å². The van der Waals surface area contributed by atoms with Gasteiger partial charge in [-0.3, -0.25) is 14.9 Å². The zero-order valence-corrected chi connectivity index (χ0v) is 12.2. The molecule has 0 aliphatic carbocycles. The number of nitriles is 1. The van der Waals surface area contributed by atoms with Gasteiger partial charge in [-0.25, -0.2) is 9.97 Å². The van der Waals surface area contributed by atoms with Crippen LogP contribution in [-0.2, 0) is 11.2 Å². The average molecular weight is 298 g/mol. The molecular formula is C15H14N4O3. The molecule has 0 saturated heterocycles. The van der Waals surface area contributed by atoms with E-state index >= 15 is 0 Å². The van der Waals surface area contributed by atoms with E-state index in [9.17, 15) is 9.59 Å². The number of hydrogen-bond acceptors (Lipinski definition) is 6. The molecule has 22 heavy (non-hydrogen) atoms. The van der Waals surface area contributed by atoms with Crippen LogP contribution in [0.4, 0.5) is 5.95 Å². The van der Waals surface area contributed by atoms with Gasteiger partial charge in [0.25, 0.3) is 5.91 Å². The standard InChI is InChI=1S/C15H14N4O3/c1-3-11-9(2)7-12(22-11)13(20)10(8-16)14(21)19-15-17-5-4-6-18-15/h4-7,10H,3H2,1-2H3,(H,17,18,19,21). The third-order valence-electron chi connectivity index (χ3n) is 3.04. The quantitative estimate of drug-likeness (QED) is 0.667. The fourth-order valence-corrected chi connectivity index (χ4v) is 1.92. The van der Waals surface area contributed by atoms with Crippen LogP contribution in [0.5, 0.6) is 0 Å². The summed E-state index contributed by atoms with van der Waals surface area (Å²) in [5.41, 5.74) is 0.814. The van der Waals surface area contributed by atoms with E-state index in [4.69, 9.17) is 9.68 Å². The Morgan fingerprint density at radius 2 is 2.09 bits per heavy atom. The van der Waals surface area contributed by atoms with Gasteiger partial charge in [-0.15, -0.1) is 0 Å². The van der Waals surface area contributed by atoms with Crippen molar-refractivity contribution in [1.82, 2.24) is 9.97 Å². The third-order valence-corrected chi connectivity index (χ3v) is 3.04. The van der Waals surface area contributed by atoms with Gasteiger partial charge in [-0.1, -0.05) is 6.92 Å². The van der Waals surface area contributed by atoms with Crippen molar-refractivity contribution in [2.75, 3.05) is 5.32 Å². The van der Waals surface area contributed by atoms with Gasteiger partial charge in [0.15, 0.2) is 11.7 Å². The van der Waals surface area contributed by atoms with Gasteiger partial charge in [0.05, 0.1) is 6.07 Å². The molecule has 0 aliphatic heterocycles. The van der Waals surface area contributed by atoms with Crippen LogP contribution in [0.2, 0.25) is 0 Å². The molecule has 0 radical (unpaired) electrons. The van der Waals surface area contributed by atoms with Gasteiger partial charge in [0, 0.05) is 18.8 Å². The number of aryl methyl sites for hydroxylation is 2. The number of carbonyl (C=O) groups is 2. The van der Waals surface area contributed by atoms with Gasteiger partial charge in [0.2, 0.25) is 11.7 Å². The predicted octanol–water partition coefficient (Wildman–Crippen LogP) is 1.90. The first-order valence-corrected chi connectivity index (χ1v) is 6.67. The molecule has 7 heteroatoms. The number of hydrogen-bond donors (Lipinski definition) is 1. The van der Waals surface area contributed by atoms with Crippen LogP contribution in [0.3, 0.4) is 0 Å². The summed E-state index contributed by atoms with van der Waals surface area (Å²) >= 11 is 0. The molecule has 0 saturated carbocycles. The molecule has 1 N–H and O–H groups in total. The highest BCUT2D eigenvalue weighted by Crippen LogP contribution is 2.19. The number of nitrogens with one attached hydrogen (secondary N) is 1. The maximum Gasteiger partial charge on any atom is 0.252 e. The third kappa shape index (κ3) is 3.17. The predicted molar refractivity (Wildman–Crippen MR) is 76.9 cm³/mol. The lowest BCUT2D eigenvalue weighted by molar-refractivity contribution is -0.117. The summed E-state index contributed by atoms with van der Waals surface area (Å²) in [6.45, 7) is 3.69. The fraction of sp³-hybridized carbons (Fsp3) is 0.267. The minimum Gasteiger partial charge on any atom is -0.458 e. The molecule has 0 aromatic carbocycles. The summed E-state index contributed by atoms with van der Waals surface area (Å²) in [6, 6.07) is 4.81. The summed E-state index contributed by atoms with van der Waals surface area (Å²) in [7, 11) is 0. The summed E-state index contributed by atoms with van der Waals surface area (Å²) in [5.74, 6) is -2.29. The monoisotopic (exact) mass is 298 g/mol. The number of amides is 1. The maximum absolute atomic E-state index is 12.3. The molecule has 2 aromatic rings. The van der Waals surface area contributed by atoms with Crippen LogP contribution in [0.15, 0.2) is 28.9 Å². The molecular weight excluding hydrogens is 284 g/mol. The number of anilines is 1. The summed E-state index contributed by atoms with van der Waals surface area (Å²) < 4.78 is 5.40. The molecule has 0 spiro atoms. The van der Waals surface area contributed by atoms with Gasteiger partial charge in [-0.2, -0.15) is 5.26 Å². The van der Waals surface area contributed by atoms with E-state index in [-0.39, 0.29) is 11.7 Å². The summed E-state index contributed by atoms with van der Waals surface area (Å²) in [4.78, 5) is 31.9. The normalized spacial score (nSPS) is 11.5. The van der Waals surface area contributed by atoms with E-state index in [2.05, 4.69) is 15.3 Å². The van der Waals surface area contributed by atoms with Crippen molar-refractivity contribution in [3.8, 4) is 6.07 Å². The Kier molecular flexibility index (Phi) is 4.63. The lowest BCUT2D eigenvalue weighted by Crippen LogP contribution is -2.29. The number of furan rings is 1. The lowest BCUT2D eigenvalue weighted by Gasteiger charge is -2.06. The topological polar surface area (TPSA) is 109 Å². The maximum atomic E-state index is 12.3. The van der Waals surface area contributed by atoms with Crippen molar-refractivity contribution in [3.05, 3.63) is 41.6 Å². The Morgan fingerprint density at radius 3 is 2.64 bits per heavy atom. The van der Waals surface area contributed by atoms with E-state index in [1.165, 1.54) is 18.5 Å². The largest absolute Gasteiger partial charge is 0.458 e. The lowest BCUT2D eigenvalue weighted by atomic mass is 10.0. The van der Waals surface area contributed by atoms with E-state index in [0.717, 1.165) is 5.56 Å². The Balaban J connectivity index is 2.18. The number of ketones is 1. The molecule has 2 heterocycles. The second-order valence-electron chi connectivity index (χ2n) is 4.56. The SMILES string of the molecule is CCc1oc(C(=O)C(C#N)C(=O)Nc2ncccn2)cc1C. The number of Topliss-reactive ketones (excluding diaryl/α,β-unsaturated/α-hetero) is 1. The molecule has 0 fully saturated rings. The summed E-state index contributed by atoms with van der Waals surface area (Å²) in [6.07, 6.45) is 3.50. The molecule has 1 atom stereocenters. The zero-order valence-electron chi connectivity index (χ0n) is 12.2. The number of aromatic nitrogens is 2. The van der Waals surface area contributed by atoms with Crippen LogP contribution in [0.25, 0.3) is 0 Å². The fourth-order valence-electron chi connectivity index (χ4n) is 1.92. The van der Waals surface area contributed by atoms with Crippen LogP contribution < -0.4 is 5.32 Å². The van der Waals surface area contributed by atoms with E-state index < -0.39 is 17.6 Å². The van der Waals surface area contributed by atoms with Crippen molar-refractivity contribution in [2.45, 2.75) is 20.3 Å². The Labute approximate surface area is 127 Å². The van der Waals surface area contributed by atoms with Gasteiger partial charge in [0.1, 0.15) is 5.76 Å². The minimum absolute atomic E-state index is 0.00466. The molecule has 2 rings (SSSR count). The highest BCUT2D eigenvalue weighted by atomic mass is 16.3. The first-order valence-electron chi connectivity index (χ1n) is 6.67. The molecule has 2 aromatic heterocycles. The van der Waals surface area contributed by atoms with Gasteiger partial charge < -0.3 is 4.42 Å². The summed E-state index contributed by atoms with van der Waals surface area (Å²) in [5, 5.41) is 11.5. The van der Waals surface area contributed by atoms with Crippen LogP contribution >= 0.6 is 0 Å². The smallest absolute Gasteiger partial charge is 0.252 e. The van der Waals surface area contributed by atoms with E-state index in [0.29, 0.717) is 12.2 Å². The second kappa shape index (κ2) is 6.63. The van der Waals surface area contributed by atoms with E-state index in [1.54, 1.807) is 19.1 Å². The Hall–Kier alpha value is -3.01. The Morgan fingerprint density at radius 1 is 1.41 bits per heavy atom. The second-order valence-corrected chi connectivity index (χ2v) is 4.56. The van der Waals surface area contributed by atoms with Gasteiger partial charge in [-0.05, 0) is 24.6 Å². The van der Waals surface area contributed by atoms with Crippen LogP contribution in [0, 0.1) is 24.2 Å². The molecule has 0 bridgehead atoms. The number of nitrogens with zero attached hydrogens (tertiary/aromatic N) is 3. The molecule has 1 unspecified atom stereocenters. The molecule has 112 valence electrons. The van der Waals surface area contributed by atoms with Crippen molar-refractivity contribution in [1.29, 1.82) is 5.26 Å². The minimum atomic E-state index is -1.51. The molecule has 0 aliphatic rings. The molecule has 1 amide bonds. The first kappa shape index (κ1) is 15.4. The van der Waals surface area contributed by atoms with Crippen molar-refractivity contribution >= 4 is 17.6 Å². The van der Waals surface area contributed by atoms with E-state index in [1.807, 2.05) is 6.92 Å². The van der Waals surface area contributed by atoms with Crippen LogP contribution in [0.1, 0.15) is 28.8 Å². The van der Waals surface area contributed by atoms with Crippen molar-refractivity contribution in [3.63, 3.8) is 0 Å². The average Bonchev–Trinajstić information content (AvgIpc) is 2.90. The van der Waals surface area contributed by atoms with Crippen molar-refractivity contribution < 1.29 is 14.0 Å². The zero-order chi connectivity index (χ0) is 16.1.